The minimum Gasteiger partial charge on any atom is -0.497 e. The van der Waals surface area contributed by atoms with E-state index in [2.05, 4.69) is 0 Å². The number of likely N-dealkylation sites (N-methyl/N-ethyl adjacent to an activating group) is 1. The third kappa shape index (κ3) is 3.35. The molecule has 2 aliphatic heterocycles. The third-order valence-corrected chi connectivity index (χ3v) is 4.99. The van der Waals surface area contributed by atoms with Crippen LogP contribution in [-0.4, -0.2) is 63.8 Å². The number of hydrogen-bond donors (Lipinski definition) is 0. The van der Waals surface area contributed by atoms with Crippen molar-refractivity contribution in [3.05, 3.63) is 17.7 Å². The van der Waals surface area contributed by atoms with Crippen molar-refractivity contribution in [3.8, 4) is 11.5 Å². The van der Waals surface area contributed by atoms with Crippen molar-refractivity contribution < 1.29 is 23.8 Å². The number of hydrogen-bond acceptors (Lipinski definition) is 5. The number of fused-ring (bicyclic) bond motifs is 1. The Kier molecular flexibility index (Phi) is 5.36. The second-order valence-electron chi connectivity index (χ2n) is 6.84. The summed E-state index contributed by atoms with van der Waals surface area (Å²) in [4.78, 5) is 28.4. The van der Waals surface area contributed by atoms with Gasteiger partial charge in [0.05, 0.1) is 19.9 Å². The van der Waals surface area contributed by atoms with Crippen LogP contribution >= 0.6 is 0 Å². The van der Waals surface area contributed by atoms with Gasteiger partial charge in [-0.2, -0.15) is 0 Å². The minimum absolute atomic E-state index is 0.0947. The van der Waals surface area contributed by atoms with Crippen molar-refractivity contribution in [3.63, 3.8) is 0 Å². The average Bonchev–Trinajstić information content (AvgIpc) is 3.15. The number of nitrogens with zero attached hydrogens (tertiary/aromatic N) is 2. The molecule has 0 aromatic heterocycles. The molecule has 2 amide bonds. The second kappa shape index (κ2) is 7.53. The van der Waals surface area contributed by atoms with Gasteiger partial charge in [0, 0.05) is 38.3 Å². The Labute approximate surface area is 153 Å². The molecule has 0 saturated carbocycles. The number of rotatable bonds is 4. The summed E-state index contributed by atoms with van der Waals surface area (Å²) < 4.78 is 16.6. The summed E-state index contributed by atoms with van der Waals surface area (Å²) in [7, 11) is 6.60. The van der Waals surface area contributed by atoms with E-state index in [0.29, 0.717) is 25.1 Å². The van der Waals surface area contributed by atoms with Gasteiger partial charge in [0.15, 0.2) is 0 Å². The number of benzene rings is 1. The smallest absolute Gasteiger partial charge is 0.256 e. The molecule has 0 N–H and O–H groups in total. The number of amides is 2. The van der Waals surface area contributed by atoms with Gasteiger partial charge >= 0.3 is 0 Å². The van der Waals surface area contributed by atoms with Gasteiger partial charge in [-0.1, -0.05) is 0 Å². The molecule has 0 radical (unpaired) electrons. The van der Waals surface area contributed by atoms with Crippen molar-refractivity contribution in [2.24, 2.45) is 0 Å². The van der Waals surface area contributed by atoms with Gasteiger partial charge < -0.3 is 24.0 Å². The van der Waals surface area contributed by atoms with Gasteiger partial charge in [0.25, 0.3) is 11.8 Å². The fourth-order valence-electron chi connectivity index (χ4n) is 3.62. The highest BCUT2D eigenvalue weighted by Crippen LogP contribution is 2.39. The predicted octanol–water partition coefficient (Wildman–Crippen LogP) is 1.62. The van der Waals surface area contributed by atoms with Crippen LogP contribution in [0.25, 0.3) is 0 Å². The molecule has 0 unspecified atom stereocenters. The Morgan fingerprint density at radius 2 is 1.88 bits per heavy atom. The SMILES string of the molecule is COc1cc(OC)c2c(c1)N(C(=O)[C@@H]1CC[C@H](C(=O)N(C)C)O1)CCC2. The molecular formula is C19H26N2O5. The van der Waals surface area contributed by atoms with Crippen LogP contribution in [0.2, 0.25) is 0 Å². The largest absolute Gasteiger partial charge is 0.497 e. The first-order valence-corrected chi connectivity index (χ1v) is 8.89. The Bertz CT molecular complexity index is 703. The lowest BCUT2D eigenvalue weighted by Crippen LogP contribution is -2.43. The van der Waals surface area contributed by atoms with Crippen LogP contribution in [0.15, 0.2) is 12.1 Å². The van der Waals surface area contributed by atoms with E-state index in [1.54, 1.807) is 33.2 Å². The monoisotopic (exact) mass is 362 g/mol. The number of anilines is 1. The van der Waals surface area contributed by atoms with E-state index in [-0.39, 0.29) is 11.8 Å². The van der Waals surface area contributed by atoms with Crippen molar-refractivity contribution >= 4 is 17.5 Å². The lowest BCUT2D eigenvalue weighted by atomic mass is 9.99. The maximum atomic E-state index is 13.1. The molecule has 1 aromatic rings. The van der Waals surface area contributed by atoms with Crippen LogP contribution in [0.4, 0.5) is 5.69 Å². The molecule has 7 heteroatoms. The molecule has 2 heterocycles. The molecule has 1 fully saturated rings. The molecule has 7 nitrogen and oxygen atoms in total. The average molecular weight is 362 g/mol. The van der Waals surface area contributed by atoms with Crippen LogP contribution in [0.3, 0.4) is 0 Å². The summed E-state index contributed by atoms with van der Waals surface area (Å²) in [6.07, 6.45) is 1.69. The van der Waals surface area contributed by atoms with Gasteiger partial charge in [-0.05, 0) is 25.7 Å². The molecule has 2 aliphatic rings. The summed E-state index contributed by atoms with van der Waals surface area (Å²) in [6, 6.07) is 3.71. The van der Waals surface area contributed by atoms with Crippen molar-refractivity contribution in [1.29, 1.82) is 0 Å². The number of ether oxygens (including phenoxy) is 3. The predicted molar refractivity (Wildman–Crippen MR) is 96.8 cm³/mol. The van der Waals surface area contributed by atoms with Crippen LogP contribution in [-0.2, 0) is 20.7 Å². The van der Waals surface area contributed by atoms with Crippen molar-refractivity contribution in [1.82, 2.24) is 4.90 Å². The molecule has 2 atom stereocenters. The van der Waals surface area contributed by atoms with E-state index in [1.165, 1.54) is 4.90 Å². The molecule has 142 valence electrons. The van der Waals surface area contributed by atoms with Crippen LogP contribution < -0.4 is 14.4 Å². The second-order valence-corrected chi connectivity index (χ2v) is 6.84. The van der Waals surface area contributed by atoms with Crippen LogP contribution in [0.5, 0.6) is 11.5 Å². The number of methoxy groups -OCH3 is 2. The van der Waals surface area contributed by atoms with Gasteiger partial charge in [-0.25, -0.2) is 0 Å². The lowest BCUT2D eigenvalue weighted by Gasteiger charge is -2.32. The normalized spacial score (nSPS) is 21.9. The van der Waals surface area contributed by atoms with Gasteiger partial charge in [-0.3, -0.25) is 9.59 Å². The standard InChI is InChI=1S/C19H26N2O5/c1-20(2)18(22)15-7-8-16(26-15)19(23)21-9-5-6-13-14(21)10-12(24-3)11-17(13)25-4/h10-11,15-16H,5-9H2,1-4H3/t15-,16+/m1/s1. The Balaban J connectivity index is 1.83. The molecule has 1 saturated heterocycles. The Morgan fingerprint density at radius 3 is 2.54 bits per heavy atom. The fourth-order valence-corrected chi connectivity index (χ4v) is 3.62. The summed E-state index contributed by atoms with van der Waals surface area (Å²) in [6.45, 7) is 0.619. The molecule has 0 aliphatic carbocycles. The Hall–Kier alpha value is -2.28. The fraction of sp³-hybridized carbons (Fsp3) is 0.579. The summed E-state index contributed by atoms with van der Waals surface area (Å²) in [5.41, 5.74) is 1.82. The van der Waals surface area contributed by atoms with Gasteiger partial charge in [0.1, 0.15) is 23.7 Å². The maximum absolute atomic E-state index is 13.1. The zero-order valence-corrected chi connectivity index (χ0v) is 15.8. The molecule has 0 bridgehead atoms. The highest BCUT2D eigenvalue weighted by Gasteiger charge is 2.39. The highest BCUT2D eigenvalue weighted by molar-refractivity contribution is 5.99. The molecule has 1 aromatic carbocycles. The van der Waals surface area contributed by atoms with E-state index < -0.39 is 12.2 Å². The summed E-state index contributed by atoms with van der Waals surface area (Å²) in [5, 5.41) is 0. The van der Waals surface area contributed by atoms with Crippen molar-refractivity contribution in [2.75, 3.05) is 39.8 Å². The summed E-state index contributed by atoms with van der Waals surface area (Å²) >= 11 is 0. The molecule has 3 rings (SSSR count). The first-order chi connectivity index (χ1) is 12.5. The van der Waals surface area contributed by atoms with E-state index in [9.17, 15) is 9.59 Å². The molecule has 0 spiro atoms. The molecular weight excluding hydrogens is 336 g/mol. The first-order valence-electron chi connectivity index (χ1n) is 8.89. The van der Waals surface area contributed by atoms with E-state index in [4.69, 9.17) is 14.2 Å². The van der Waals surface area contributed by atoms with Crippen LogP contribution in [0.1, 0.15) is 24.8 Å². The highest BCUT2D eigenvalue weighted by atomic mass is 16.5. The first kappa shape index (κ1) is 18.5. The zero-order chi connectivity index (χ0) is 18.8. The van der Waals surface area contributed by atoms with E-state index in [1.807, 2.05) is 12.1 Å². The lowest BCUT2D eigenvalue weighted by molar-refractivity contribution is -0.143. The quantitative estimate of drug-likeness (QED) is 0.814. The Morgan fingerprint density at radius 1 is 1.15 bits per heavy atom. The third-order valence-electron chi connectivity index (χ3n) is 4.99. The topological polar surface area (TPSA) is 68.3 Å². The van der Waals surface area contributed by atoms with Crippen LogP contribution in [0, 0.1) is 0 Å². The van der Waals surface area contributed by atoms with Gasteiger partial charge in [-0.15, -0.1) is 0 Å². The number of carbonyl (C=O) groups is 2. The van der Waals surface area contributed by atoms with Crippen molar-refractivity contribution in [2.45, 2.75) is 37.9 Å². The van der Waals surface area contributed by atoms with Gasteiger partial charge in [0.2, 0.25) is 0 Å². The minimum atomic E-state index is -0.591. The van der Waals surface area contributed by atoms with E-state index in [0.717, 1.165) is 29.8 Å². The summed E-state index contributed by atoms with van der Waals surface area (Å²) in [5.74, 6) is 1.18. The zero-order valence-electron chi connectivity index (χ0n) is 15.8. The van der Waals surface area contributed by atoms with E-state index >= 15 is 0 Å². The number of carbonyl (C=O) groups excluding carboxylic acids is 2. The maximum Gasteiger partial charge on any atom is 0.256 e. The molecule has 26 heavy (non-hydrogen) atoms.